The van der Waals surface area contributed by atoms with E-state index in [1.807, 2.05) is 42.1 Å². The summed E-state index contributed by atoms with van der Waals surface area (Å²) in [5.41, 5.74) is 3.54. The molecule has 0 amide bonds. The Morgan fingerprint density at radius 2 is 2.00 bits per heavy atom. The van der Waals surface area contributed by atoms with Gasteiger partial charge in [0.25, 0.3) is 0 Å². The third kappa shape index (κ3) is 1.92. The lowest BCUT2D eigenvalue weighted by molar-refractivity contribution is -0.660. The zero-order chi connectivity index (χ0) is 16.8. The highest BCUT2D eigenvalue weighted by atomic mass is 19.1. The summed E-state index contributed by atoms with van der Waals surface area (Å²) in [5.74, 6) is -0.305. The molecule has 0 aliphatic rings. The van der Waals surface area contributed by atoms with Crippen LogP contribution < -0.4 is 4.57 Å². The third-order valence-electron chi connectivity index (χ3n) is 4.42. The van der Waals surface area contributed by atoms with E-state index in [0.29, 0.717) is 33.1 Å². The Labute approximate surface area is 138 Å². The van der Waals surface area contributed by atoms with Gasteiger partial charge in [0.2, 0.25) is 5.69 Å². The summed E-state index contributed by atoms with van der Waals surface area (Å²) in [6, 6.07) is 14.9. The molecule has 116 valence electrons. The van der Waals surface area contributed by atoms with Crippen LogP contribution in [0.3, 0.4) is 0 Å². The minimum Gasteiger partial charge on any atom is -0.455 e. The van der Waals surface area contributed by atoms with Gasteiger partial charge < -0.3 is 4.42 Å². The molecular formula is C20H14FN2O+. The van der Waals surface area contributed by atoms with Crippen molar-refractivity contribution in [3.05, 3.63) is 65.6 Å². The fourth-order valence-corrected chi connectivity index (χ4v) is 3.17. The van der Waals surface area contributed by atoms with Crippen molar-refractivity contribution in [3.63, 3.8) is 0 Å². The minimum atomic E-state index is -0.305. The molecule has 4 rings (SSSR count). The van der Waals surface area contributed by atoms with Gasteiger partial charge in [0, 0.05) is 17.5 Å². The van der Waals surface area contributed by atoms with Gasteiger partial charge in [-0.05, 0) is 30.7 Å². The maximum Gasteiger partial charge on any atom is 0.212 e. The van der Waals surface area contributed by atoms with E-state index in [4.69, 9.17) is 4.42 Å². The molecule has 0 aliphatic carbocycles. The van der Waals surface area contributed by atoms with Crippen molar-refractivity contribution >= 4 is 21.9 Å². The normalized spacial score (nSPS) is 11.1. The zero-order valence-electron chi connectivity index (χ0n) is 13.3. The second-order valence-corrected chi connectivity index (χ2v) is 5.83. The number of rotatable bonds is 1. The van der Waals surface area contributed by atoms with Gasteiger partial charge in [0.05, 0.1) is 16.5 Å². The number of para-hydroxylation sites is 1. The molecule has 2 heterocycles. The largest absolute Gasteiger partial charge is 0.455 e. The lowest BCUT2D eigenvalue weighted by Gasteiger charge is -2.06. The number of nitrogens with zero attached hydrogens (tertiary/aromatic N) is 2. The molecule has 0 atom stereocenters. The van der Waals surface area contributed by atoms with E-state index in [1.54, 1.807) is 25.1 Å². The smallest absolute Gasteiger partial charge is 0.212 e. The first kappa shape index (κ1) is 14.4. The summed E-state index contributed by atoms with van der Waals surface area (Å²) >= 11 is 0. The monoisotopic (exact) mass is 317 g/mol. The van der Waals surface area contributed by atoms with Crippen LogP contribution in [0.1, 0.15) is 11.1 Å². The van der Waals surface area contributed by atoms with Crippen LogP contribution in [0.25, 0.3) is 33.2 Å². The molecule has 0 spiro atoms. The van der Waals surface area contributed by atoms with Crippen LogP contribution in [0.2, 0.25) is 0 Å². The fraction of sp³-hybridized carbons (Fsp3) is 0.100. The topological polar surface area (TPSA) is 40.8 Å². The van der Waals surface area contributed by atoms with Gasteiger partial charge in [-0.2, -0.15) is 5.26 Å². The molecule has 0 N–H and O–H groups in total. The molecule has 0 saturated carbocycles. The molecule has 2 aromatic heterocycles. The second-order valence-electron chi connectivity index (χ2n) is 5.83. The van der Waals surface area contributed by atoms with Crippen LogP contribution in [0.5, 0.6) is 0 Å². The van der Waals surface area contributed by atoms with E-state index in [0.717, 1.165) is 11.3 Å². The molecule has 0 bridgehead atoms. The highest BCUT2D eigenvalue weighted by molar-refractivity contribution is 6.08. The van der Waals surface area contributed by atoms with Crippen molar-refractivity contribution in [2.45, 2.75) is 6.92 Å². The van der Waals surface area contributed by atoms with Gasteiger partial charge in [0.15, 0.2) is 11.8 Å². The number of aryl methyl sites for hydroxylation is 1. The molecule has 3 nitrogen and oxygen atoms in total. The first-order valence-electron chi connectivity index (χ1n) is 7.61. The van der Waals surface area contributed by atoms with E-state index in [1.165, 1.54) is 0 Å². The summed E-state index contributed by atoms with van der Waals surface area (Å²) in [6.07, 6.45) is 1.92. The number of furan rings is 1. The number of benzene rings is 2. The van der Waals surface area contributed by atoms with Crippen molar-refractivity contribution in [1.29, 1.82) is 5.26 Å². The standard InChI is InChI=1S/C20H14FN2O/c1-12-15(16-8-3-4-9-23(16)2)10-17-18(19(12)21)14-7-5-6-13(11-22)20(14)24-17/h3-10H,1-2H3/q+1. The fourth-order valence-electron chi connectivity index (χ4n) is 3.17. The lowest BCUT2D eigenvalue weighted by Crippen LogP contribution is -2.30. The maximum atomic E-state index is 15.1. The van der Waals surface area contributed by atoms with Crippen molar-refractivity contribution < 1.29 is 13.4 Å². The van der Waals surface area contributed by atoms with Crippen LogP contribution in [0.15, 0.2) is 53.1 Å². The Morgan fingerprint density at radius 3 is 2.75 bits per heavy atom. The van der Waals surface area contributed by atoms with E-state index >= 15 is 4.39 Å². The van der Waals surface area contributed by atoms with Gasteiger partial charge in [-0.25, -0.2) is 8.96 Å². The average Bonchev–Trinajstić information content (AvgIpc) is 2.97. The number of nitriles is 1. The van der Waals surface area contributed by atoms with Gasteiger partial charge in [-0.3, -0.25) is 0 Å². The van der Waals surface area contributed by atoms with E-state index in [2.05, 4.69) is 6.07 Å². The maximum absolute atomic E-state index is 15.1. The lowest BCUT2D eigenvalue weighted by atomic mass is 10.00. The third-order valence-corrected chi connectivity index (χ3v) is 4.42. The Morgan fingerprint density at radius 1 is 1.17 bits per heavy atom. The average molecular weight is 317 g/mol. The van der Waals surface area contributed by atoms with Gasteiger partial charge in [0.1, 0.15) is 24.5 Å². The zero-order valence-corrected chi connectivity index (χ0v) is 13.3. The molecule has 0 fully saturated rings. The number of pyridine rings is 1. The summed E-state index contributed by atoms with van der Waals surface area (Å²) in [7, 11) is 1.92. The predicted molar refractivity (Wildman–Crippen MR) is 89.7 cm³/mol. The van der Waals surface area contributed by atoms with Crippen LogP contribution >= 0.6 is 0 Å². The van der Waals surface area contributed by atoms with Crippen molar-refractivity contribution in [3.8, 4) is 17.3 Å². The molecular weight excluding hydrogens is 303 g/mol. The SMILES string of the molecule is Cc1c(-c2cccc[n+]2C)cc2oc3c(C#N)cccc3c2c1F. The molecule has 0 saturated heterocycles. The summed E-state index contributed by atoms with van der Waals surface area (Å²) in [5, 5.41) is 10.3. The highest BCUT2D eigenvalue weighted by Gasteiger charge is 2.21. The molecule has 0 unspecified atom stereocenters. The Bertz CT molecular complexity index is 1150. The van der Waals surface area contributed by atoms with Gasteiger partial charge in [-0.15, -0.1) is 0 Å². The molecule has 0 radical (unpaired) electrons. The first-order valence-corrected chi connectivity index (χ1v) is 7.61. The molecule has 4 aromatic rings. The highest BCUT2D eigenvalue weighted by Crippen LogP contribution is 2.37. The van der Waals surface area contributed by atoms with Crippen LogP contribution in [0.4, 0.5) is 4.39 Å². The van der Waals surface area contributed by atoms with Crippen LogP contribution in [-0.2, 0) is 7.05 Å². The number of aromatic nitrogens is 1. The number of hydrogen-bond acceptors (Lipinski definition) is 2. The van der Waals surface area contributed by atoms with Gasteiger partial charge >= 0.3 is 0 Å². The van der Waals surface area contributed by atoms with Crippen molar-refractivity contribution in [1.82, 2.24) is 0 Å². The Kier molecular flexibility index (Phi) is 3.10. The quantitative estimate of drug-likeness (QED) is 0.488. The number of fused-ring (bicyclic) bond motifs is 3. The van der Waals surface area contributed by atoms with Crippen molar-refractivity contribution in [2.75, 3.05) is 0 Å². The summed E-state index contributed by atoms with van der Waals surface area (Å²) in [4.78, 5) is 0. The number of halogens is 1. The van der Waals surface area contributed by atoms with Gasteiger partial charge in [-0.1, -0.05) is 12.1 Å². The Balaban J connectivity index is 2.14. The molecule has 2 aromatic carbocycles. The van der Waals surface area contributed by atoms with Crippen molar-refractivity contribution in [2.24, 2.45) is 7.05 Å². The van der Waals surface area contributed by atoms with Crippen LogP contribution in [0, 0.1) is 24.1 Å². The van der Waals surface area contributed by atoms with E-state index in [-0.39, 0.29) is 5.82 Å². The number of hydrogen-bond donors (Lipinski definition) is 0. The van der Waals surface area contributed by atoms with E-state index < -0.39 is 0 Å². The molecule has 0 aliphatic heterocycles. The predicted octanol–water partition coefficient (Wildman–Crippen LogP) is 4.40. The second kappa shape index (κ2) is 5.17. The van der Waals surface area contributed by atoms with E-state index in [9.17, 15) is 5.26 Å². The molecule has 24 heavy (non-hydrogen) atoms. The minimum absolute atomic E-state index is 0.305. The molecule has 4 heteroatoms. The van der Waals surface area contributed by atoms with Crippen LogP contribution in [-0.4, -0.2) is 0 Å². The summed E-state index contributed by atoms with van der Waals surface area (Å²) in [6.45, 7) is 1.77. The Hall–Kier alpha value is -3.19. The first-order chi connectivity index (χ1) is 11.6. The summed E-state index contributed by atoms with van der Waals surface area (Å²) < 4.78 is 22.9.